The van der Waals surface area contributed by atoms with Gasteiger partial charge in [-0.25, -0.2) is 0 Å². The SMILES string of the molecule is CCCNC(Cc1ccccn1)C(C)(C)CC. The molecule has 1 atom stereocenters. The van der Waals surface area contributed by atoms with E-state index in [2.05, 4.69) is 50.1 Å². The topological polar surface area (TPSA) is 24.9 Å². The minimum Gasteiger partial charge on any atom is -0.313 e. The van der Waals surface area contributed by atoms with Gasteiger partial charge in [0, 0.05) is 24.4 Å². The quantitative estimate of drug-likeness (QED) is 0.782. The van der Waals surface area contributed by atoms with Gasteiger partial charge in [-0.2, -0.15) is 0 Å². The van der Waals surface area contributed by atoms with Gasteiger partial charge in [0.2, 0.25) is 0 Å². The molecule has 1 aromatic heterocycles. The maximum Gasteiger partial charge on any atom is 0.0419 e. The third kappa shape index (κ3) is 4.47. The Balaban J connectivity index is 2.70. The molecule has 0 fully saturated rings. The Morgan fingerprint density at radius 3 is 2.59 bits per heavy atom. The first-order valence-corrected chi connectivity index (χ1v) is 6.73. The summed E-state index contributed by atoms with van der Waals surface area (Å²) in [5, 5.41) is 3.67. The van der Waals surface area contributed by atoms with Crippen LogP contribution in [-0.2, 0) is 6.42 Å². The second kappa shape index (κ2) is 6.75. The number of nitrogens with one attached hydrogen (secondary N) is 1. The number of hydrogen-bond donors (Lipinski definition) is 1. The van der Waals surface area contributed by atoms with Crippen LogP contribution in [0, 0.1) is 5.41 Å². The highest BCUT2D eigenvalue weighted by molar-refractivity contribution is 5.06. The van der Waals surface area contributed by atoms with Crippen molar-refractivity contribution in [1.82, 2.24) is 10.3 Å². The molecule has 17 heavy (non-hydrogen) atoms. The number of aromatic nitrogens is 1. The molecule has 2 nitrogen and oxygen atoms in total. The van der Waals surface area contributed by atoms with E-state index in [0.29, 0.717) is 11.5 Å². The van der Waals surface area contributed by atoms with E-state index in [-0.39, 0.29) is 0 Å². The van der Waals surface area contributed by atoms with Crippen LogP contribution in [0.2, 0.25) is 0 Å². The van der Waals surface area contributed by atoms with Crippen molar-refractivity contribution in [2.45, 2.75) is 53.0 Å². The van der Waals surface area contributed by atoms with E-state index in [0.717, 1.165) is 13.0 Å². The molecular formula is C15H26N2. The van der Waals surface area contributed by atoms with Crippen molar-refractivity contribution in [3.05, 3.63) is 30.1 Å². The zero-order valence-corrected chi connectivity index (χ0v) is 11.7. The molecule has 0 bridgehead atoms. The summed E-state index contributed by atoms with van der Waals surface area (Å²) in [4.78, 5) is 4.43. The van der Waals surface area contributed by atoms with Gasteiger partial charge in [0.25, 0.3) is 0 Å². The van der Waals surface area contributed by atoms with Crippen LogP contribution in [-0.4, -0.2) is 17.6 Å². The summed E-state index contributed by atoms with van der Waals surface area (Å²) in [5.41, 5.74) is 1.50. The lowest BCUT2D eigenvalue weighted by atomic mass is 9.79. The van der Waals surface area contributed by atoms with Crippen LogP contribution in [0.15, 0.2) is 24.4 Å². The lowest BCUT2D eigenvalue weighted by Gasteiger charge is -2.34. The van der Waals surface area contributed by atoms with Crippen molar-refractivity contribution >= 4 is 0 Å². The minimum atomic E-state index is 0.312. The van der Waals surface area contributed by atoms with Crippen molar-refractivity contribution in [3.63, 3.8) is 0 Å². The Labute approximate surface area is 106 Å². The largest absolute Gasteiger partial charge is 0.313 e. The van der Waals surface area contributed by atoms with Crippen molar-refractivity contribution in [3.8, 4) is 0 Å². The maximum absolute atomic E-state index is 4.43. The fourth-order valence-electron chi connectivity index (χ4n) is 1.92. The first-order chi connectivity index (χ1) is 8.10. The van der Waals surface area contributed by atoms with Gasteiger partial charge in [0.15, 0.2) is 0 Å². The molecule has 0 aliphatic carbocycles. The lowest BCUT2D eigenvalue weighted by Crippen LogP contribution is -2.43. The van der Waals surface area contributed by atoms with Gasteiger partial charge in [0.1, 0.15) is 0 Å². The van der Waals surface area contributed by atoms with Crippen LogP contribution in [0.1, 0.15) is 46.2 Å². The van der Waals surface area contributed by atoms with Gasteiger partial charge < -0.3 is 5.32 Å². The average Bonchev–Trinajstić information content (AvgIpc) is 2.35. The molecule has 1 N–H and O–H groups in total. The van der Waals surface area contributed by atoms with E-state index in [1.165, 1.54) is 18.5 Å². The van der Waals surface area contributed by atoms with Gasteiger partial charge in [-0.1, -0.05) is 33.8 Å². The van der Waals surface area contributed by atoms with Crippen LogP contribution in [0.3, 0.4) is 0 Å². The van der Waals surface area contributed by atoms with E-state index in [1.807, 2.05) is 12.3 Å². The summed E-state index contributed by atoms with van der Waals surface area (Å²) >= 11 is 0. The van der Waals surface area contributed by atoms with Gasteiger partial charge >= 0.3 is 0 Å². The molecule has 1 heterocycles. The monoisotopic (exact) mass is 234 g/mol. The zero-order valence-electron chi connectivity index (χ0n) is 11.7. The molecule has 0 amide bonds. The lowest BCUT2D eigenvalue weighted by molar-refractivity contribution is 0.229. The van der Waals surface area contributed by atoms with Crippen LogP contribution in [0.25, 0.3) is 0 Å². The first kappa shape index (κ1) is 14.2. The number of nitrogens with zero attached hydrogens (tertiary/aromatic N) is 1. The van der Waals surface area contributed by atoms with E-state index < -0.39 is 0 Å². The molecule has 0 aliphatic rings. The summed E-state index contributed by atoms with van der Waals surface area (Å²) in [5.74, 6) is 0. The molecule has 2 heteroatoms. The van der Waals surface area contributed by atoms with E-state index in [4.69, 9.17) is 0 Å². The minimum absolute atomic E-state index is 0.312. The van der Waals surface area contributed by atoms with Crippen molar-refractivity contribution in [2.24, 2.45) is 5.41 Å². The van der Waals surface area contributed by atoms with Crippen molar-refractivity contribution in [2.75, 3.05) is 6.54 Å². The molecule has 0 radical (unpaired) electrons. The van der Waals surface area contributed by atoms with Crippen LogP contribution >= 0.6 is 0 Å². The Bertz CT molecular complexity index is 306. The number of rotatable bonds is 7. The third-order valence-corrected chi connectivity index (χ3v) is 3.63. The number of hydrogen-bond acceptors (Lipinski definition) is 2. The standard InChI is InChI=1S/C15H26N2/c1-5-10-17-14(15(3,4)6-2)12-13-9-7-8-11-16-13/h7-9,11,14,17H,5-6,10,12H2,1-4H3. The molecule has 1 aromatic rings. The predicted octanol–water partition coefficient (Wildman–Crippen LogP) is 3.43. The molecule has 0 aromatic carbocycles. The van der Waals surface area contributed by atoms with Crippen molar-refractivity contribution in [1.29, 1.82) is 0 Å². The van der Waals surface area contributed by atoms with Crippen LogP contribution in [0.5, 0.6) is 0 Å². The smallest absolute Gasteiger partial charge is 0.0419 e. The summed E-state index contributed by atoms with van der Waals surface area (Å²) in [6.07, 6.45) is 5.26. The predicted molar refractivity (Wildman–Crippen MR) is 74.1 cm³/mol. The number of pyridine rings is 1. The van der Waals surface area contributed by atoms with Gasteiger partial charge in [-0.3, -0.25) is 4.98 Å². The fourth-order valence-corrected chi connectivity index (χ4v) is 1.92. The van der Waals surface area contributed by atoms with Crippen LogP contribution in [0.4, 0.5) is 0 Å². The summed E-state index contributed by atoms with van der Waals surface area (Å²) in [6.45, 7) is 10.2. The normalized spacial score (nSPS) is 13.6. The molecular weight excluding hydrogens is 208 g/mol. The zero-order chi connectivity index (χ0) is 12.7. The van der Waals surface area contributed by atoms with E-state index in [9.17, 15) is 0 Å². The molecule has 0 saturated heterocycles. The molecule has 96 valence electrons. The van der Waals surface area contributed by atoms with Crippen LogP contribution < -0.4 is 5.32 Å². The molecule has 0 aliphatic heterocycles. The Morgan fingerprint density at radius 1 is 1.29 bits per heavy atom. The fraction of sp³-hybridized carbons (Fsp3) is 0.667. The molecule has 0 spiro atoms. The average molecular weight is 234 g/mol. The summed E-state index contributed by atoms with van der Waals surface area (Å²) < 4.78 is 0. The van der Waals surface area contributed by atoms with Gasteiger partial charge in [-0.15, -0.1) is 0 Å². The van der Waals surface area contributed by atoms with Gasteiger partial charge in [-0.05, 0) is 36.9 Å². The van der Waals surface area contributed by atoms with E-state index in [1.54, 1.807) is 0 Å². The summed E-state index contributed by atoms with van der Waals surface area (Å²) in [6, 6.07) is 6.66. The summed E-state index contributed by atoms with van der Waals surface area (Å²) in [7, 11) is 0. The maximum atomic E-state index is 4.43. The Hall–Kier alpha value is -0.890. The van der Waals surface area contributed by atoms with E-state index >= 15 is 0 Å². The first-order valence-electron chi connectivity index (χ1n) is 6.73. The highest BCUT2D eigenvalue weighted by Crippen LogP contribution is 2.26. The second-order valence-corrected chi connectivity index (χ2v) is 5.37. The van der Waals surface area contributed by atoms with Gasteiger partial charge in [0.05, 0.1) is 0 Å². The molecule has 1 rings (SSSR count). The molecule has 1 unspecified atom stereocenters. The highest BCUT2D eigenvalue weighted by atomic mass is 14.9. The second-order valence-electron chi connectivity index (χ2n) is 5.37. The Kier molecular flexibility index (Phi) is 5.63. The third-order valence-electron chi connectivity index (χ3n) is 3.63. The molecule has 0 saturated carbocycles. The van der Waals surface area contributed by atoms with Crippen molar-refractivity contribution < 1.29 is 0 Å². The Morgan fingerprint density at radius 2 is 2.06 bits per heavy atom. The highest BCUT2D eigenvalue weighted by Gasteiger charge is 2.27.